The second kappa shape index (κ2) is 5.34. The second-order valence-corrected chi connectivity index (χ2v) is 8.48. The average Bonchev–Trinajstić information content (AvgIpc) is 2.86. The van der Waals surface area contributed by atoms with E-state index in [1.54, 1.807) is 0 Å². The molecule has 0 radical (unpaired) electrons. The van der Waals surface area contributed by atoms with Gasteiger partial charge in [0.05, 0.1) is 0 Å². The first kappa shape index (κ1) is 15.0. The monoisotopic (exact) mass is 396 g/mol. The SMILES string of the molecule is Clc1cc2c(c3ccccc13)-c1ccc(Br)cc1C21CCCCC1. The predicted octanol–water partition coefficient (Wildman–Crippen LogP) is 7.49. The molecular formula is C22H18BrCl. The Morgan fingerprint density at radius 2 is 1.58 bits per heavy atom. The Morgan fingerprint density at radius 3 is 2.38 bits per heavy atom. The van der Waals surface area contributed by atoms with E-state index in [2.05, 4.69) is 64.5 Å². The first-order valence-corrected chi connectivity index (χ1v) is 9.90. The van der Waals surface area contributed by atoms with Gasteiger partial charge in [-0.1, -0.05) is 77.1 Å². The van der Waals surface area contributed by atoms with Gasteiger partial charge in [-0.05, 0) is 58.7 Å². The van der Waals surface area contributed by atoms with Crippen LogP contribution < -0.4 is 0 Å². The highest BCUT2D eigenvalue weighted by atomic mass is 79.9. The molecule has 0 heterocycles. The van der Waals surface area contributed by atoms with Crippen LogP contribution in [-0.4, -0.2) is 0 Å². The van der Waals surface area contributed by atoms with Crippen LogP contribution in [0.15, 0.2) is 53.0 Å². The van der Waals surface area contributed by atoms with Crippen LogP contribution in [0.25, 0.3) is 21.9 Å². The molecule has 1 fully saturated rings. The van der Waals surface area contributed by atoms with E-state index in [0.717, 1.165) is 5.02 Å². The van der Waals surface area contributed by atoms with Crippen LogP contribution in [0, 0.1) is 0 Å². The lowest BCUT2D eigenvalue weighted by Crippen LogP contribution is -2.28. The predicted molar refractivity (Wildman–Crippen MR) is 106 cm³/mol. The molecule has 120 valence electrons. The van der Waals surface area contributed by atoms with E-state index in [1.807, 2.05) is 0 Å². The molecule has 0 bridgehead atoms. The third kappa shape index (κ3) is 1.92. The van der Waals surface area contributed by atoms with Gasteiger partial charge in [-0.3, -0.25) is 0 Å². The number of fused-ring (bicyclic) bond motifs is 7. The molecule has 0 aromatic heterocycles. The molecule has 24 heavy (non-hydrogen) atoms. The van der Waals surface area contributed by atoms with Gasteiger partial charge in [0.15, 0.2) is 0 Å². The van der Waals surface area contributed by atoms with Gasteiger partial charge < -0.3 is 0 Å². The summed E-state index contributed by atoms with van der Waals surface area (Å²) in [5, 5.41) is 3.35. The van der Waals surface area contributed by atoms with E-state index in [1.165, 1.54) is 69.6 Å². The molecule has 2 heteroatoms. The first-order valence-electron chi connectivity index (χ1n) is 8.73. The summed E-state index contributed by atoms with van der Waals surface area (Å²) in [5.41, 5.74) is 5.93. The molecule has 1 saturated carbocycles. The molecule has 0 aliphatic heterocycles. The topological polar surface area (TPSA) is 0 Å². The molecule has 3 aromatic rings. The highest BCUT2D eigenvalue weighted by Crippen LogP contribution is 2.58. The third-order valence-corrected chi connectivity index (χ3v) is 6.79. The minimum Gasteiger partial charge on any atom is -0.0837 e. The number of halogens is 2. The van der Waals surface area contributed by atoms with Crippen molar-refractivity contribution in [3.05, 3.63) is 69.2 Å². The van der Waals surface area contributed by atoms with Crippen molar-refractivity contribution in [3.63, 3.8) is 0 Å². The molecule has 5 rings (SSSR count). The van der Waals surface area contributed by atoms with Gasteiger partial charge >= 0.3 is 0 Å². The van der Waals surface area contributed by atoms with Gasteiger partial charge in [-0.25, -0.2) is 0 Å². The fourth-order valence-electron chi connectivity index (χ4n) is 4.97. The van der Waals surface area contributed by atoms with Crippen molar-refractivity contribution >= 4 is 38.3 Å². The van der Waals surface area contributed by atoms with Crippen molar-refractivity contribution in [1.29, 1.82) is 0 Å². The van der Waals surface area contributed by atoms with Crippen LogP contribution in [0.3, 0.4) is 0 Å². The lowest BCUT2D eigenvalue weighted by molar-refractivity contribution is 0.353. The summed E-state index contributed by atoms with van der Waals surface area (Å²) in [6.07, 6.45) is 6.42. The zero-order valence-corrected chi connectivity index (χ0v) is 15.8. The van der Waals surface area contributed by atoms with E-state index < -0.39 is 0 Å². The van der Waals surface area contributed by atoms with Crippen molar-refractivity contribution in [1.82, 2.24) is 0 Å². The molecule has 2 aliphatic carbocycles. The molecule has 3 aromatic carbocycles. The highest BCUT2D eigenvalue weighted by molar-refractivity contribution is 9.10. The molecular weight excluding hydrogens is 380 g/mol. The molecule has 2 aliphatic rings. The van der Waals surface area contributed by atoms with E-state index in [4.69, 9.17) is 11.6 Å². The Bertz CT molecular complexity index is 967. The maximum atomic E-state index is 6.71. The van der Waals surface area contributed by atoms with Gasteiger partial charge in [-0.2, -0.15) is 0 Å². The average molecular weight is 398 g/mol. The summed E-state index contributed by atoms with van der Waals surface area (Å²) >= 11 is 10.4. The zero-order valence-electron chi connectivity index (χ0n) is 13.4. The van der Waals surface area contributed by atoms with Crippen molar-refractivity contribution in [3.8, 4) is 11.1 Å². The standard InChI is InChI=1S/C22H18BrCl/c23-14-8-9-17-18(12-14)22(10-4-1-5-11-22)19-13-20(24)15-6-2-3-7-16(15)21(17)19/h2-3,6-9,12-13H,1,4-5,10-11H2. The van der Waals surface area contributed by atoms with Crippen LogP contribution in [-0.2, 0) is 5.41 Å². The van der Waals surface area contributed by atoms with Crippen LogP contribution in [0.1, 0.15) is 43.2 Å². The molecule has 0 amide bonds. The Morgan fingerprint density at radius 1 is 0.833 bits per heavy atom. The smallest absolute Gasteiger partial charge is 0.0487 e. The summed E-state index contributed by atoms with van der Waals surface area (Å²) in [5.74, 6) is 0. The number of hydrogen-bond donors (Lipinski definition) is 0. The van der Waals surface area contributed by atoms with Crippen molar-refractivity contribution in [2.45, 2.75) is 37.5 Å². The summed E-state index contributed by atoms with van der Waals surface area (Å²) in [6, 6.07) is 17.7. The van der Waals surface area contributed by atoms with Crippen LogP contribution in [0.4, 0.5) is 0 Å². The van der Waals surface area contributed by atoms with E-state index in [0.29, 0.717) is 0 Å². The zero-order chi connectivity index (χ0) is 16.3. The van der Waals surface area contributed by atoms with Crippen LogP contribution in [0.5, 0.6) is 0 Å². The normalized spacial score (nSPS) is 17.9. The second-order valence-electron chi connectivity index (χ2n) is 7.16. The van der Waals surface area contributed by atoms with Gasteiger partial charge in [0, 0.05) is 20.3 Å². The quantitative estimate of drug-likeness (QED) is 0.368. The molecule has 0 unspecified atom stereocenters. The van der Waals surface area contributed by atoms with Gasteiger partial charge in [0.25, 0.3) is 0 Å². The Balaban J connectivity index is 1.94. The Kier molecular flexibility index (Phi) is 3.34. The van der Waals surface area contributed by atoms with Crippen molar-refractivity contribution < 1.29 is 0 Å². The molecule has 0 N–H and O–H groups in total. The van der Waals surface area contributed by atoms with E-state index in [9.17, 15) is 0 Å². The summed E-state index contributed by atoms with van der Waals surface area (Å²) in [4.78, 5) is 0. The molecule has 1 spiro atoms. The number of rotatable bonds is 0. The lowest BCUT2D eigenvalue weighted by Gasteiger charge is -2.36. The minimum atomic E-state index is 0.153. The maximum Gasteiger partial charge on any atom is 0.0487 e. The molecule has 0 nitrogen and oxygen atoms in total. The largest absolute Gasteiger partial charge is 0.0837 e. The van der Waals surface area contributed by atoms with Gasteiger partial charge in [0.1, 0.15) is 0 Å². The lowest BCUT2D eigenvalue weighted by atomic mass is 9.68. The summed E-state index contributed by atoms with van der Waals surface area (Å²) in [6.45, 7) is 0. The van der Waals surface area contributed by atoms with E-state index >= 15 is 0 Å². The summed E-state index contributed by atoms with van der Waals surface area (Å²) < 4.78 is 1.18. The van der Waals surface area contributed by atoms with Crippen molar-refractivity contribution in [2.24, 2.45) is 0 Å². The Labute approximate surface area is 156 Å². The van der Waals surface area contributed by atoms with Crippen molar-refractivity contribution in [2.75, 3.05) is 0 Å². The number of benzene rings is 3. The van der Waals surface area contributed by atoms with Crippen LogP contribution >= 0.6 is 27.5 Å². The third-order valence-electron chi connectivity index (χ3n) is 5.98. The van der Waals surface area contributed by atoms with E-state index in [-0.39, 0.29) is 5.41 Å². The highest BCUT2D eigenvalue weighted by Gasteiger charge is 2.44. The fourth-order valence-corrected chi connectivity index (χ4v) is 5.60. The van der Waals surface area contributed by atoms with Gasteiger partial charge in [0.2, 0.25) is 0 Å². The van der Waals surface area contributed by atoms with Gasteiger partial charge in [-0.15, -0.1) is 0 Å². The maximum absolute atomic E-state index is 6.71. The Hall–Kier alpha value is -1.31. The molecule has 0 saturated heterocycles. The fraction of sp³-hybridized carbons (Fsp3) is 0.273. The molecule has 0 atom stereocenters. The first-order chi connectivity index (χ1) is 11.7. The minimum absolute atomic E-state index is 0.153. The summed E-state index contributed by atoms with van der Waals surface area (Å²) in [7, 11) is 0. The van der Waals surface area contributed by atoms with Crippen LogP contribution in [0.2, 0.25) is 5.02 Å². The number of hydrogen-bond acceptors (Lipinski definition) is 0.